The zero-order valence-electron chi connectivity index (χ0n) is 15.6. The fraction of sp³-hybridized carbons (Fsp3) is 0.190. The van der Waals surface area contributed by atoms with Crippen molar-refractivity contribution in [2.45, 2.75) is 29.9 Å². The number of pyridine rings is 1. The van der Waals surface area contributed by atoms with E-state index < -0.39 is 0 Å². The first-order chi connectivity index (χ1) is 14.0. The number of aromatic nitrogens is 2. The van der Waals surface area contributed by atoms with Gasteiger partial charge in [0.25, 0.3) is 0 Å². The van der Waals surface area contributed by atoms with Crippen molar-refractivity contribution < 1.29 is 4.79 Å². The van der Waals surface area contributed by atoms with Gasteiger partial charge in [-0.3, -0.25) is 9.59 Å². The van der Waals surface area contributed by atoms with Crippen LogP contribution in [-0.2, 0) is 10.5 Å². The normalized spacial score (nSPS) is 11.2. The first-order valence-electron chi connectivity index (χ1n) is 9.17. The zero-order chi connectivity index (χ0) is 20.4. The highest BCUT2D eigenvalue weighted by atomic mass is 35.5. The maximum absolute atomic E-state index is 12.3. The highest BCUT2D eigenvalue weighted by Crippen LogP contribution is 2.33. The van der Waals surface area contributed by atoms with E-state index >= 15 is 0 Å². The molecule has 4 aromatic rings. The molecule has 2 N–H and O–H groups in total. The monoisotopic (exact) mass is 443 g/mol. The largest absolute Gasteiger partial charge is 0.356 e. The number of amides is 1. The second kappa shape index (κ2) is 8.57. The predicted octanol–water partition coefficient (Wildman–Crippen LogP) is 5.82. The smallest absolute Gasteiger partial charge is 0.224 e. The van der Waals surface area contributed by atoms with Gasteiger partial charge < -0.3 is 10.3 Å². The van der Waals surface area contributed by atoms with E-state index in [1.807, 2.05) is 25.1 Å². The van der Waals surface area contributed by atoms with Gasteiger partial charge >= 0.3 is 0 Å². The Hall–Kier alpha value is -2.35. The van der Waals surface area contributed by atoms with Crippen molar-refractivity contribution >= 4 is 67.4 Å². The summed E-state index contributed by atoms with van der Waals surface area (Å²) in [5.41, 5.74) is 3.08. The summed E-state index contributed by atoms with van der Waals surface area (Å²) in [6.07, 6.45) is 1.33. The van der Waals surface area contributed by atoms with Gasteiger partial charge in [-0.25, -0.2) is 4.98 Å². The van der Waals surface area contributed by atoms with Gasteiger partial charge in [0.1, 0.15) is 0 Å². The van der Waals surface area contributed by atoms with E-state index in [1.54, 1.807) is 47.4 Å². The van der Waals surface area contributed by atoms with Crippen molar-refractivity contribution in [1.29, 1.82) is 0 Å². The Bertz CT molecular complexity index is 1270. The molecule has 0 bridgehead atoms. The SMILES string of the molecule is CCCC(=O)Nc1ccc2nc(SCc3cc(=O)c4cccc(Cl)c4[nH]3)sc2c1. The van der Waals surface area contributed by atoms with Crippen LogP contribution in [0.3, 0.4) is 0 Å². The van der Waals surface area contributed by atoms with Gasteiger partial charge in [0.05, 0.1) is 20.8 Å². The van der Waals surface area contributed by atoms with E-state index in [9.17, 15) is 9.59 Å². The lowest BCUT2D eigenvalue weighted by Gasteiger charge is -2.04. The van der Waals surface area contributed by atoms with Crippen LogP contribution in [-0.4, -0.2) is 15.9 Å². The highest BCUT2D eigenvalue weighted by molar-refractivity contribution is 8.00. The second-order valence-corrected chi connectivity index (χ2v) is 9.23. The van der Waals surface area contributed by atoms with Gasteiger partial charge in [-0.2, -0.15) is 0 Å². The van der Waals surface area contributed by atoms with Crippen molar-refractivity contribution in [3.05, 3.63) is 63.4 Å². The van der Waals surface area contributed by atoms with Gasteiger partial charge in [0.2, 0.25) is 5.91 Å². The maximum Gasteiger partial charge on any atom is 0.224 e. The fourth-order valence-corrected chi connectivity index (χ4v) is 5.24. The number of fused-ring (bicyclic) bond motifs is 2. The number of hydrogen-bond donors (Lipinski definition) is 2. The molecule has 2 aromatic heterocycles. The molecule has 0 saturated heterocycles. The van der Waals surface area contributed by atoms with Crippen molar-refractivity contribution in [3.63, 3.8) is 0 Å². The van der Waals surface area contributed by atoms with Crippen LogP contribution in [0.4, 0.5) is 5.69 Å². The summed E-state index contributed by atoms with van der Waals surface area (Å²) >= 11 is 9.35. The number of anilines is 1. The number of carbonyl (C=O) groups excluding carboxylic acids is 1. The van der Waals surface area contributed by atoms with Gasteiger partial charge in [-0.15, -0.1) is 11.3 Å². The molecule has 0 unspecified atom stereocenters. The van der Waals surface area contributed by atoms with Crippen molar-refractivity contribution in [2.75, 3.05) is 5.32 Å². The average Bonchev–Trinajstić information content (AvgIpc) is 3.09. The molecule has 0 saturated carbocycles. The first kappa shape index (κ1) is 19.9. The molecular formula is C21H18ClN3O2S2. The molecule has 0 aliphatic rings. The minimum atomic E-state index is -0.0476. The molecule has 4 rings (SSSR count). The Labute approximate surface area is 180 Å². The molecule has 1 amide bonds. The molecule has 29 heavy (non-hydrogen) atoms. The Kier molecular flexibility index (Phi) is 5.89. The summed E-state index contributed by atoms with van der Waals surface area (Å²) in [6.45, 7) is 1.98. The number of rotatable bonds is 6. The number of benzene rings is 2. The summed E-state index contributed by atoms with van der Waals surface area (Å²) in [5, 5.41) is 4.03. The number of nitrogens with one attached hydrogen (secondary N) is 2. The van der Waals surface area contributed by atoms with E-state index in [1.165, 1.54) is 0 Å². The van der Waals surface area contributed by atoms with Gasteiger partial charge in [0.15, 0.2) is 9.77 Å². The molecule has 8 heteroatoms. The third kappa shape index (κ3) is 4.47. The molecule has 5 nitrogen and oxygen atoms in total. The maximum atomic E-state index is 12.3. The van der Waals surface area contributed by atoms with Crippen molar-refractivity contribution in [1.82, 2.24) is 9.97 Å². The number of nitrogens with zero attached hydrogens (tertiary/aromatic N) is 1. The van der Waals surface area contributed by atoms with Gasteiger partial charge in [0, 0.05) is 35.0 Å². The lowest BCUT2D eigenvalue weighted by molar-refractivity contribution is -0.116. The number of para-hydroxylation sites is 1. The van der Waals surface area contributed by atoms with E-state index in [0.29, 0.717) is 28.1 Å². The Morgan fingerprint density at radius 2 is 2.14 bits per heavy atom. The molecule has 0 radical (unpaired) electrons. The summed E-state index contributed by atoms with van der Waals surface area (Å²) < 4.78 is 1.91. The van der Waals surface area contributed by atoms with E-state index in [2.05, 4.69) is 15.3 Å². The predicted molar refractivity (Wildman–Crippen MR) is 122 cm³/mol. The van der Waals surface area contributed by atoms with E-state index in [4.69, 9.17) is 11.6 Å². The quantitative estimate of drug-likeness (QED) is 0.368. The Morgan fingerprint density at radius 3 is 2.97 bits per heavy atom. The summed E-state index contributed by atoms with van der Waals surface area (Å²) in [5.74, 6) is 0.598. The summed E-state index contributed by atoms with van der Waals surface area (Å²) in [6, 6.07) is 12.6. The van der Waals surface area contributed by atoms with Crippen LogP contribution in [0.25, 0.3) is 21.1 Å². The molecule has 2 heterocycles. The van der Waals surface area contributed by atoms with Crippen LogP contribution in [0, 0.1) is 0 Å². The van der Waals surface area contributed by atoms with Crippen LogP contribution < -0.4 is 10.7 Å². The number of thioether (sulfide) groups is 1. The minimum absolute atomic E-state index is 0.0184. The molecule has 2 aromatic carbocycles. The van der Waals surface area contributed by atoms with Crippen LogP contribution >= 0.6 is 34.7 Å². The number of aromatic amines is 1. The lowest BCUT2D eigenvalue weighted by atomic mass is 10.2. The standard InChI is InChI=1S/C21H18ClN3O2S2/c1-2-4-19(27)23-12-7-8-16-18(10-12)29-21(25-16)28-11-13-9-17(26)14-5-3-6-15(22)20(14)24-13/h3,5-10H,2,4,11H2,1H3,(H,23,27)(H,24,26). The molecular weight excluding hydrogens is 426 g/mol. The molecule has 0 fully saturated rings. The van der Waals surface area contributed by atoms with Gasteiger partial charge in [-0.05, 0) is 36.8 Å². The summed E-state index contributed by atoms with van der Waals surface area (Å²) in [4.78, 5) is 32.0. The van der Waals surface area contributed by atoms with Crippen LogP contribution in [0.15, 0.2) is 51.6 Å². The van der Waals surface area contributed by atoms with Gasteiger partial charge in [-0.1, -0.05) is 36.4 Å². The topological polar surface area (TPSA) is 74.8 Å². The number of hydrogen-bond acceptors (Lipinski definition) is 5. The summed E-state index contributed by atoms with van der Waals surface area (Å²) in [7, 11) is 0. The third-order valence-corrected chi connectivity index (χ3v) is 6.88. The van der Waals surface area contributed by atoms with E-state index in [0.717, 1.165) is 32.4 Å². The molecule has 0 aliphatic carbocycles. The number of carbonyl (C=O) groups is 1. The first-order valence-corrected chi connectivity index (χ1v) is 11.3. The van der Waals surface area contributed by atoms with Crippen LogP contribution in [0.1, 0.15) is 25.5 Å². The van der Waals surface area contributed by atoms with E-state index in [-0.39, 0.29) is 11.3 Å². The fourth-order valence-electron chi connectivity index (χ4n) is 3.00. The van der Waals surface area contributed by atoms with Crippen molar-refractivity contribution in [3.8, 4) is 0 Å². The minimum Gasteiger partial charge on any atom is -0.356 e. The number of halogens is 1. The highest BCUT2D eigenvalue weighted by Gasteiger charge is 2.10. The molecule has 0 spiro atoms. The lowest BCUT2D eigenvalue weighted by Crippen LogP contribution is -2.10. The Morgan fingerprint density at radius 1 is 1.28 bits per heavy atom. The third-order valence-electron chi connectivity index (χ3n) is 4.35. The van der Waals surface area contributed by atoms with Crippen molar-refractivity contribution in [2.24, 2.45) is 0 Å². The molecule has 0 atom stereocenters. The second-order valence-electron chi connectivity index (χ2n) is 6.57. The molecule has 148 valence electrons. The van der Waals surface area contributed by atoms with Crippen LogP contribution in [0.2, 0.25) is 5.02 Å². The molecule has 0 aliphatic heterocycles. The number of thiazole rings is 1. The Balaban J connectivity index is 1.52. The van der Waals surface area contributed by atoms with Crippen LogP contribution in [0.5, 0.6) is 0 Å². The zero-order valence-corrected chi connectivity index (χ0v) is 18.0. The average molecular weight is 444 g/mol. The number of H-pyrrole nitrogens is 1.